The van der Waals surface area contributed by atoms with Crippen LogP contribution >= 0.6 is 0 Å². The van der Waals surface area contributed by atoms with E-state index in [9.17, 15) is 9.59 Å². The molecule has 0 spiro atoms. The minimum absolute atomic E-state index is 0.119. The average molecular weight is 303 g/mol. The molecular weight excluding hydrogens is 282 g/mol. The molecule has 3 rings (SSSR count). The summed E-state index contributed by atoms with van der Waals surface area (Å²) in [5.41, 5.74) is 1.91. The van der Waals surface area contributed by atoms with Crippen LogP contribution in [0.3, 0.4) is 0 Å². The van der Waals surface area contributed by atoms with Crippen molar-refractivity contribution in [1.82, 2.24) is 5.32 Å². The summed E-state index contributed by atoms with van der Waals surface area (Å²) in [5.74, 6) is -1.24. The second-order valence-corrected chi connectivity index (χ2v) is 6.49. The second-order valence-electron chi connectivity index (χ2n) is 6.49. The quantitative estimate of drug-likeness (QED) is 0.872. The molecule has 1 amide bonds. The van der Waals surface area contributed by atoms with Crippen LogP contribution in [0, 0.1) is 5.92 Å². The van der Waals surface area contributed by atoms with Crippen molar-refractivity contribution < 1.29 is 19.4 Å². The number of carbonyl (C=O) groups is 2. The van der Waals surface area contributed by atoms with Gasteiger partial charge in [-0.15, -0.1) is 0 Å². The molecule has 1 aliphatic heterocycles. The molecule has 5 heteroatoms. The monoisotopic (exact) mass is 303 g/mol. The van der Waals surface area contributed by atoms with Gasteiger partial charge in [0.1, 0.15) is 0 Å². The maximum atomic E-state index is 12.5. The number of carboxylic acid groups (broad SMARTS) is 1. The molecule has 0 bridgehead atoms. The Morgan fingerprint density at radius 1 is 1.36 bits per heavy atom. The lowest BCUT2D eigenvalue weighted by Gasteiger charge is -2.18. The summed E-state index contributed by atoms with van der Waals surface area (Å²) in [5, 5.41) is 12.0. The zero-order chi connectivity index (χ0) is 15.7. The van der Waals surface area contributed by atoms with Gasteiger partial charge in [-0.2, -0.15) is 0 Å². The van der Waals surface area contributed by atoms with Crippen molar-refractivity contribution >= 4 is 11.9 Å². The highest BCUT2D eigenvalue weighted by molar-refractivity contribution is 5.96. The van der Waals surface area contributed by atoms with Crippen LogP contribution in [0.25, 0.3) is 0 Å². The Balaban J connectivity index is 1.67. The molecule has 0 unspecified atom stereocenters. The van der Waals surface area contributed by atoms with Crippen LogP contribution in [0.1, 0.15) is 42.1 Å². The fourth-order valence-electron chi connectivity index (χ4n) is 3.10. The molecule has 22 heavy (non-hydrogen) atoms. The molecule has 1 aromatic carbocycles. The van der Waals surface area contributed by atoms with Crippen molar-refractivity contribution in [3.63, 3.8) is 0 Å². The molecule has 1 saturated carbocycles. The molecule has 118 valence electrons. The maximum Gasteiger partial charge on any atom is 0.333 e. The molecule has 2 atom stereocenters. The third kappa shape index (κ3) is 2.86. The first kappa shape index (κ1) is 15.0. The number of amides is 1. The predicted molar refractivity (Wildman–Crippen MR) is 80.8 cm³/mol. The lowest BCUT2D eigenvalue weighted by molar-refractivity contribution is -0.149. The van der Waals surface area contributed by atoms with Gasteiger partial charge in [0.05, 0.1) is 0 Å². The lowest BCUT2D eigenvalue weighted by Crippen LogP contribution is -2.36. The van der Waals surface area contributed by atoms with E-state index in [0.717, 1.165) is 18.4 Å². The zero-order valence-electron chi connectivity index (χ0n) is 12.7. The van der Waals surface area contributed by atoms with Gasteiger partial charge >= 0.3 is 5.97 Å². The van der Waals surface area contributed by atoms with Crippen LogP contribution in [0.15, 0.2) is 24.3 Å². The maximum absolute atomic E-state index is 12.5. The van der Waals surface area contributed by atoms with Gasteiger partial charge in [0.25, 0.3) is 5.91 Å². The summed E-state index contributed by atoms with van der Waals surface area (Å²) >= 11 is 0. The van der Waals surface area contributed by atoms with E-state index < -0.39 is 12.1 Å². The molecule has 1 aliphatic carbocycles. The van der Waals surface area contributed by atoms with Gasteiger partial charge in [-0.3, -0.25) is 4.79 Å². The van der Waals surface area contributed by atoms with Crippen LogP contribution in [-0.2, 0) is 14.9 Å². The van der Waals surface area contributed by atoms with Gasteiger partial charge in [-0.25, -0.2) is 4.79 Å². The van der Waals surface area contributed by atoms with E-state index >= 15 is 0 Å². The van der Waals surface area contributed by atoms with Gasteiger partial charge in [0, 0.05) is 24.6 Å². The molecule has 2 fully saturated rings. The number of ether oxygens (including phenoxy) is 1. The first-order valence-corrected chi connectivity index (χ1v) is 7.73. The Labute approximate surface area is 129 Å². The van der Waals surface area contributed by atoms with Crippen LogP contribution in [0.4, 0.5) is 0 Å². The Morgan fingerprint density at radius 3 is 2.77 bits per heavy atom. The van der Waals surface area contributed by atoms with Crippen LogP contribution in [0.5, 0.6) is 0 Å². The lowest BCUT2D eigenvalue weighted by atomic mass is 9.92. The third-order valence-corrected chi connectivity index (χ3v) is 4.80. The van der Waals surface area contributed by atoms with Crippen molar-refractivity contribution in [2.24, 2.45) is 5.92 Å². The highest BCUT2D eigenvalue weighted by Crippen LogP contribution is 2.48. The minimum atomic E-state index is -0.956. The van der Waals surface area contributed by atoms with Gasteiger partial charge in [0.15, 0.2) is 6.10 Å². The van der Waals surface area contributed by atoms with Gasteiger partial charge < -0.3 is 15.2 Å². The average Bonchev–Trinajstić information content (AvgIpc) is 3.08. The molecule has 1 aromatic rings. The normalized spacial score (nSPS) is 25.7. The Kier molecular flexibility index (Phi) is 3.91. The van der Waals surface area contributed by atoms with Crippen LogP contribution < -0.4 is 5.32 Å². The predicted octanol–water partition coefficient (Wildman–Crippen LogP) is 1.96. The number of nitrogens with one attached hydrogen (secondary N) is 1. The number of rotatable bonds is 5. The summed E-state index contributed by atoms with van der Waals surface area (Å²) in [4.78, 5) is 23.6. The van der Waals surface area contributed by atoms with Crippen LogP contribution in [-0.4, -0.2) is 36.2 Å². The first-order chi connectivity index (χ1) is 10.5. The fraction of sp³-hybridized carbons (Fsp3) is 0.529. The van der Waals surface area contributed by atoms with E-state index in [1.165, 1.54) is 0 Å². The summed E-state index contributed by atoms with van der Waals surface area (Å²) in [6, 6.07) is 7.68. The van der Waals surface area contributed by atoms with Crippen molar-refractivity contribution in [1.29, 1.82) is 0 Å². The highest BCUT2D eigenvalue weighted by Gasteiger charge is 2.41. The van der Waals surface area contributed by atoms with E-state index in [2.05, 4.69) is 12.2 Å². The SMILES string of the molecule is CC1(c2ccccc2C(=O)NC[C@@H]2CCO[C@@H]2C(=O)O)CC1. The Morgan fingerprint density at radius 2 is 2.09 bits per heavy atom. The van der Waals surface area contributed by atoms with Gasteiger partial charge in [-0.05, 0) is 36.3 Å². The molecular formula is C17H21NO4. The number of hydrogen-bond donors (Lipinski definition) is 2. The zero-order valence-corrected chi connectivity index (χ0v) is 12.7. The van der Waals surface area contributed by atoms with Gasteiger partial charge in [-0.1, -0.05) is 25.1 Å². The van der Waals surface area contributed by atoms with Gasteiger partial charge in [0.2, 0.25) is 0 Å². The topological polar surface area (TPSA) is 75.6 Å². The van der Waals surface area contributed by atoms with Crippen LogP contribution in [0.2, 0.25) is 0 Å². The molecule has 2 aliphatic rings. The standard InChI is InChI=1S/C17H21NO4/c1-17(7-8-17)13-5-3-2-4-12(13)15(19)18-10-11-6-9-22-14(11)16(20)21/h2-5,11,14H,6-10H2,1H3,(H,18,19)(H,20,21)/t11-,14-/m0/s1. The van der Waals surface area contributed by atoms with Crippen molar-refractivity contribution in [3.05, 3.63) is 35.4 Å². The third-order valence-electron chi connectivity index (χ3n) is 4.80. The van der Waals surface area contributed by atoms with E-state index in [0.29, 0.717) is 25.1 Å². The molecule has 2 N–H and O–H groups in total. The number of benzene rings is 1. The largest absolute Gasteiger partial charge is 0.479 e. The summed E-state index contributed by atoms with van der Waals surface area (Å²) in [6.07, 6.45) is 2.07. The number of hydrogen-bond acceptors (Lipinski definition) is 3. The van der Waals surface area contributed by atoms with E-state index in [4.69, 9.17) is 9.84 Å². The van der Waals surface area contributed by atoms with E-state index in [-0.39, 0.29) is 17.2 Å². The highest BCUT2D eigenvalue weighted by atomic mass is 16.5. The second kappa shape index (κ2) is 5.72. The summed E-state index contributed by atoms with van der Waals surface area (Å²) in [7, 11) is 0. The Hall–Kier alpha value is -1.88. The first-order valence-electron chi connectivity index (χ1n) is 7.73. The number of aliphatic carboxylic acids is 1. The summed E-state index contributed by atoms with van der Waals surface area (Å²) in [6.45, 7) is 2.94. The smallest absolute Gasteiger partial charge is 0.333 e. The van der Waals surface area contributed by atoms with Crippen molar-refractivity contribution in [2.75, 3.05) is 13.2 Å². The van der Waals surface area contributed by atoms with Crippen molar-refractivity contribution in [2.45, 2.75) is 37.7 Å². The van der Waals surface area contributed by atoms with E-state index in [1.54, 1.807) is 0 Å². The molecule has 0 radical (unpaired) electrons. The number of carboxylic acids is 1. The fourth-order valence-corrected chi connectivity index (χ4v) is 3.10. The summed E-state index contributed by atoms with van der Waals surface area (Å²) < 4.78 is 5.20. The minimum Gasteiger partial charge on any atom is -0.479 e. The molecule has 5 nitrogen and oxygen atoms in total. The molecule has 0 aromatic heterocycles. The number of carbonyl (C=O) groups excluding carboxylic acids is 1. The Bertz CT molecular complexity index is 594. The van der Waals surface area contributed by atoms with Crippen molar-refractivity contribution in [3.8, 4) is 0 Å². The van der Waals surface area contributed by atoms with E-state index in [1.807, 2.05) is 24.3 Å². The molecule has 1 saturated heterocycles. The molecule has 1 heterocycles.